The summed E-state index contributed by atoms with van der Waals surface area (Å²) in [5.74, 6) is -0.214. The summed E-state index contributed by atoms with van der Waals surface area (Å²) < 4.78 is 3.58. The summed E-state index contributed by atoms with van der Waals surface area (Å²) in [7, 11) is 0. The lowest BCUT2D eigenvalue weighted by Crippen LogP contribution is -2.11. The average Bonchev–Trinajstić information content (AvgIpc) is 2.97. The lowest BCUT2D eigenvalue weighted by Gasteiger charge is -2.02. The molecule has 7 heteroatoms. The SMILES string of the molecule is O=C(Nc1nnns1)c1cccc2[nH]ccc12. The van der Waals surface area contributed by atoms with E-state index in [1.54, 1.807) is 12.3 Å². The average molecular weight is 245 g/mol. The van der Waals surface area contributed by atoms with E-state index in [0.717, 1.165) is 22.4 Å². The van der Waals surface area contributed by atoms with Crippen molar-refractivity contribution in [2.75, 3.05) is 5.32 Å². The molecule has 0 spiro atoms. The van der Waals surface area contributed by atoms with Gasteiger partial charge in [-0.3, -0.25) is 10.1 Å². The zero-order chi connectivity index (χ0) is 11.7. The molecule has 3 rings (SSSR count). The molecular formula is C10H7N5OS. The van der Waals surface area contributed by atoms with Crippen molar-refractivity contribution in [1.82, 2.24) is 19.8 Å². The summed E-state index contributed by atoms with van der Waals surface area (Å²) in [6.07, 6.45) is 1.80. The molecule has 0 aliphatic rings. The molecule has 0 atom stereocenters. The van der Waals surface area contributed by atoms with Gasteiger partial charge in [0.1, 0.15) is 0 Å². The van der Waals surface area contributed by atoms with Gasteiger partial charge in [0.05, 0.1) is 0 Å². The van der Waals surface area contributed by atoms with Crippen LogP contribution in [0.5, 0.6) is 0 Å². The highest BCUT2D eigenvalue weighted by Gasteiger charge is 2.12. The predicted octanol–water partition coefficient (Wildman–Crippen LogP) is 1.67. The predicted molar refractivity (Wildman–Crippen MR) is 64.0 cm³/mol. The summed E-state index contributed by atoms with van der Waals surface area (Å²) in [5.41, 5.74) is 1.52. The summed E-state index contributed by atoms with van der Waals surface area (Å²) >= 11 is 1.04. The first-order chi connectivity index (χ1) is 8.34. The van der Waals surface area contributed by atoms with Crippen LogP contribution < -0.4 is 5.32 Å². The quantitative estimate of drug-likeness (QED) is 0.719. The van der Waals surface area contributed by atoms with Crippen LogP contribution >= 0.6 is 11.5 Å². The fourth-order valence-corrected chi connectivity index (χ4v) is 1.99. The summed E-state index contributed by atoms with van der Waals surface area (Å²) in [6.45, 7) is 0. The molecular weight excluding hydrogens is 238 g/mol. The number of fused-ring (bicyclic) bond motifs is 1. The first-order valence-electron chi connectivity index (χ1n) is 4.87. The Bertz CT molecular complexity index is 660. The number of carbonyl (C=O) groups is 1. The van der Waals surface area contributed by atoms with Gasteiger partial charge < -0.3 is 4.98 Å². The number of rotatable bonds is 2. The van der Waals surface area contributed by atoms with Crippen LogP contribution in [0.2, 0.25) is 0 Å². The number of benzene rings is 1. The molecule has 84 valence electrons. The molecule has 0 aliphatic carbocycles. The highest BCUT2D eigenvalue weighted by molar-refractivity contribution is 7.09. The second-order valence-corrected chi connectivity index (χ2v) is 4.10. The van der Waals surface area contributed by atoms with Crippen molar-refractivity contribution in [3.8, 4) is 0 Å². The number of H-pyrrole nitrogens is 1. The minimum absolute atomic E-state index is 0.214. The lowest BCUT2D eigenvalue weighted by molar-refractivity contribution is 0.102. The Labute approximate surface area is 99.8 Å². The molecule has 1 amide bonds. The van der Waals surface area contributed by atoms with Crippen LogP contribution in [-0.2, 0) is 0 Å². The van der Waals surface area contributed by atoms with Crippen LogP contribution in [-0.4, -0.2) is 25.7 Å². The van der Waals surface area contributed by atoms with Gasteiger partial charge in [-0.2, -0.15) is 0 Å². The molecule has 0 unspecified atom stereocenters. The van der Waals surface area contributed by atoms with E-state index < -0.39 is 0 Å². The highest BCUT2D eigenvalue weighted by atomic mass is 32.1. The third-order valence-corrected chi connectivity index (χ3v) is 2.87. The molecule has 3 aromatic rings. The summed E-state index contributed by atoms with van der Waals surface area (Å²) in [5, 5.41) is 11.0. The summed E-state index contributed by atoms with van der Waals surface area (Å²) in [4.78, 5) is 15.1. The minimum Gasteiger partial charge on any atom is -0.361 e. The van der Waals surface area contributed by atoms with Gasteiger partial charge >= 0.3 is 0 Å². The molecule has 1 aromatic carbocycles. The zero-order valence-electron chi connectivity index (χ0n) is 8.54. The van der Waals surface area contributed by atoms with E-state index in [1.165, 1.54) is 0 Å². The van der Waals surface area contributed by atoms with E-state index in [0.29, 0.717) is 10.7 Å². The van der Waals surface area contributed by atoms with Crippen LogP contribution in [0, 0.1) is 0 Å². The number of nitrogens with zero attached hydrogens (tertiary/aromatic N) is 3. The van der Waals surface area contributed by atoms with Gasteiger partial charge in [-0.25, -0.2) is 0 Å². The number of aromatic nitrogens is 4. The van der Waals surface area contributed by atoms with Gasteiger partial charge in [0.2, 0.25) is 5.13 Å². The Kier molecular flexibility index (Phi) is 2.30. The Hall–Kier alpha value is -2.28. The van der Waals surface area contributed by atoms with Crippen molar-refractivity contribution in [2.45, 2.75) is 0 Å². The Balaban J connectivity index is 1.98. The maximum absolute atomic E-state index is 12.0. The molecule has 0 saturated heterocycles. The van der Waals surface area contributed by atoms with E-state index in [2.05, 4.69) is 25.1 Å². The van der Waals surface area contributed by atoms with E-state index in [-0.39, 0.29) is 5.91 Å². The molecule has 17 heavy (non-hydrogen) atoms. The molecule has 2 N–H and O–H groups in total. The molecule has 0 saturated carbocycles. The fourth-order valence-electron chi connectivity index (χ4n) is 1.63. The first kappa shape index (κ1) is 9.91. The third-order valence-electron chi connectivity index (χ3n) is 2.36. The van der Waals surface area contributed by atoms with Crippen molar-refractivity contribution in [3.05, 3.63) is 36.0 Å². The second-order valence-electron chi connectivity index (χ2n) is 3.37. The maximum Gasteiger partial charge on any atom is 0.258 e. The molecule has 0 fully saturated rings. The van der Waals surface area contributed by atoms with Crippen molar-refractivity contribution >= 4 is 33.5 Å². The van der Waals surface area contributed by atoms with E-state index in [9.17, 15) is 4.79 Å². The molecule has 0 radical (unpaired) electrons. The van der Waals surface area contributed by atoms with Crippen molar-refractivity contribution < 1.29 is 4.79 Å². The highest BCUT2D eigenvalue weighted by Crippen LogP contribution is 2.18. The fraction of sp³-hybridized carbons (Fsp3) is 0. The normalized spacial score (nSPS) is 10.6. The maximum atomic E-state index is 12.0. The summed E-state index contributed by atoms with van der Waals surface area (Å²) in [6, 6.07) is 7.37. The Morgan fingerprint density at radius 2 is 2.29 bits per heavy atom. The van der Waals surface area contributed by atoms with E-state index >= 15 is 0 Å². The van der Waals surface area contributed by atoms with E-state index in [1.807, 2.05) is 18.2 Å². The van der Waals surface area contributed by atoms with Crippen LogP contribution in [0.3, 0.4) is 0 Å². The van der Waals surface area contributed by atoms with E-state index in [4.69, 9.17) is 0 Å². The first-order valence-corrected chi connectivity index (χ1v) is 5.64. The lowest BCUT2D eigenvalue weighted by atomic mass is 10.1. The van der Waals surface area contributed by atoms with Gasteiger partial charge in [-0.05, 0) is 23.4 Å². The van der Waals surface area contributed by atoms with Crippen molar-refractivity contribution in [2.24, 2.45) is 0 Å². The van der Waals surface area contributed by atoms with Crippen LogP contribution in [0.4, 0.5) is 5.13 Å². The number of nitrogens with one attached hydrogen (secondary N) is 2. The molecule has 0 bridgehead atoms. The number of aromatic amines is 1. The van der Waals surface area contributed by atoms with Gasteiger partial charge in [-0.1, -0.05) is 15.7 Å². The number of amides is 1. The third kappa shape index (κ3) is 1.76. The van der Waals surface area contributed by atoms with Crippen LogP contribution in [0.25, 0.3) is 10.9 Å². The van der Waals surface area contributed by atoms with Crippen LogP contribution in [0.15, 0.2) is 30.5 Å². The van der Waals surface area contributed by atoms with Gasteiger partial charge in [-0.15, -0.1) is 0 Å². The molecule has 2 heterocycles. The standard InChI is InChI=1S/C10H7N5OS/c16-9(12-10-13-14-15-17-10)7-2-1-3-8-6(7)4-5-11-8/h1-5,11H,(H,12,13,15,16). The number of carbonyl (C=O) groups excluding carboxylic acids is 1. The Morgan fingerprint density at radius 1 is 1.35 bits per heavy atom. The van der Waals surface area contributed by atoms with Crippen molar-refractivity contribution in [1.29, 1.82) is 0 Å². The second kappa shape index (κ2) is 3.95. The van der Waals surface area contributed by atoms with Gasteiger partial charge in [0.15, 0.2) is 0 Å². The molecule has 2 aromatic heterocycles. The van der Waals surface area contributed by atoms with Crippen LogP contribution in [0.1, 0.15) is 10.4 Å². The van der Waals surface area contributed by atoms with Crippen molar-refractivity contribution in [3.63, 3.8) is 0 Å². The number of hydrogen-bond acceptors (Lipinski definition) is 5. The number of hydrogen-bond donors (Lipinski definition) is 2. The van der Waals surface area contributed by atoms with Gasteiger partial charge in [0.25, 0.3) is 5.91 Å². The molecule has 0 aliphatic heterocycles. The minimum atomic E-state index is -0.214. The smallest absolute Gasteiger partial charge is 0.258 e. The topological polar surface area (TPSA) is 83.6 Å². The van der Waals surface area contributed by atoms with Gasteiger partial charge in [0, 0.05) is 34.2 Å². The monoisotopic (exact) mass is 245 g/mol. The largest absolute Gasteiger partial charge is 0.361 e. The molecule has 6 nitrogen and oxygen atoms in total. The number of anilines is 1. The zero-order valence-corrected chi connectivity index (χ0v) is 9.36. The Morgan fingerprint density at radius 3 is 3.12 bits per heavy atom.